The monoisotopic (exact) mass is 480 g/mol. The number of hydrogen-bond acceptors (Lipinski definition) is 4. The first kappa shape index (κ1) is 22.1. The fourth-order valence-corrected chi connectivity index (χ4v) is 2.18. The summed E-state index contributed by atoms with van der Waals surface area (Å²) in [5.41, 5.74) is 0. The van der Waals surface area contributed by atoms with E-state index in [0.717, 1.165) is 24.4 Å². The maximum atomic E-state index is 13.4. The molecule has 1 heterocycles. The molecule has 1 aromatic carbocycles. The smallest absolute Gasteiger partial charge is 0.191 e. The minimum absolute atomic E-state index is 0. The van der Waals surface area contributed by atoms with Gasteiger partial charge in [-0.1, -0.05) is 6.92 Å². The molecule has 0 amide bonds. The maximum absolute atomic E-state index is 13.4. The van der Waals surface area contributed by atoms with Crippen molar-refractivity contribution in [2.45, 2.75) is 19.9 Å². The first-order valence-corrected chi connectivity index (χ1v) is 8.03. The highest BCUT2D eigenvalue weighted by molar-refractivity contribution is 14.0. The Bertz CT molecular complexity index is 710. The molecule has 1 aromatic heterocycles. The number of rotatable bonds is 8. The van der Waals surface area contributed by atoms with Crippen LogP contribution in [0.1, 0.15) is 12.7 Å². The number of halogens is 3. The van der Waals surface area contributed by atoms with E-state index in [1.54, 1.807) is 13.4 Å². The average Bonchev–Trinajstić information content (AvgIpc) is 3.06. The predicted octanol–water partition coefficient (Wildman–Crippen LogP) is 1.98. The van der Waals surface area contributed by atoms with Gasteiger partial charge in [0, 0.05) is 32.6 Å². The number of aryl methyl sites for hydroxylation is 1. The number of aromatic nitrogens is 3. The maximum Gasteiger partial charge on any atom is 0.191 e. The predicted molar refractivity (Wildman–Crippen MR) is 106 cm³/mol. The van der Waals surface area contributed by atoms with E-state index in [4.69, 9.17) is 4.74 Å². The van der Waals surface area contributed by atoms with Gasteiger partial charge >= 0.3 is 0 Å². The molecule has 10 heteroatoms. The third-order valence-corrected chi connectivity index (χ3v) is 3.43. The summed E-state index contributed by atoms with van der Waals surface area (Å²) >= 11 is 0. The van der Waals surface area contributed by atoms with Crippen LogP contribution in [0.25, 0.3) is 0 Å². The van der Waals surface area contributed by atoms with Crippen LogP contribution in [-0.2, 0) is 13.0 Å². The minimum Gasteiger partial charge on any atom is -0.489 e. The Balaban J connectivity index is 0.00000338. The molecule has 0 unspecified atom stereocenters. The number of benzene rings is 1. The van der Waals surface area contributed by atoms with Gasteiger partial charge in [0.1, 0.15) is 24.6 Å². The second-order valence-corrected chi connectivity index (χ2v) is 5.14. The normalized spacial score (nSPS) is 11.0. The zero-order chi connectivity index (χ0) is 18.1. The molecule has 0 atom stereocenters. The number of hydrogen-bond donors (Lipinski definition) is 2. The third-order valence-electron chi connectivity index (χ3n) is 3.43. The Kier molecular flexibility index (Phi) is 9.84. The van der Waals surface area contributed by atoms with Gasteiger partial charge in [-0.3, -0.25) is 4.99 Å². The summed E-state index contributed by atoms with van der Waals surface area (Å²) in [5, 5.41) is 14.1. The van der Waals surface area contributed by atoms with Crippen LogP contribution in [-0.4, -0.2) is 47.5 Å². The van der Waals surface area contributed by atoms with Crippen molar-refractivity contribution >= 4 is 29.9 Å². The largest absolute Gasteiger partial charge is 0.489 e. The molecule has 0 saturated heterocycles. The quantitative estimate of drug-likeness (QED) is 0.262. The van der Waals surface area contributed by atoms with Crippen LogP contribution in [0, 0.1) is 11.6 Å². The lowest BCUT2D eigenvalue weighted by molar-refractivity contribution is 0.304. The van der Waals surface area contributed by atoms with Crippen LogP contribution in [0.4, 0.5) is 8.78 Å². The number of guanidine groups is 1. The molecule has 7 nitrogen and oxygen atoms in total. The van der Waals surface area contributed by atoms with Crippen molar-refractivity contribution in [2.24, 2.45) is 4.99 Å². The van der Waals surface area contributed by atoms with Gasteiger partial charge in [-0.15, -0.1) is 34.2 Å². The van der Waals surface area contributed by atoms with E-state index in [0.29, 0.717) is 25.6 Å². The van der Waals surface area contributed by atoms with E-state index in [2.05, 4.69) is 25.8 Å². The van der Waals surface area contributed by atoms with Gasteiger partial charge in [0.25, 0.3) is 0 Å². The highest BCUT2D eigenvalue weighted by atomic mass is 127. The lowest BCUT2D eigenvalue weighted by Gasteiger charge is -2.13. The molecule has 0 saturated carbocycles. The molecule has 0 fully saturated rings. The fourth-order valence-electron chi connectivity index (χ4n) is 2.18. The van der Waals surface area contributed by atoms with Crippen LogP contribution in [0.15, 0.2) is 29.5 Å². The molecule has 2 aromatic rings. The highest BCUT2D eigenvalue weighted by Gasteiger charge is 2.05. The number of nitrogens with zero attached hydrogens (tertiary/aromatic N) is 4. The van der Waals surface area contributed by atoms with Gasteiger partial charge in [-0.25, -0.2) is 8.78 Å². The summed E-state index contributed by atoms with van der Waals surface area (Å²) in [6.07, 6.45) is 2.52. The van der Waals surface area contributed by atoms with Gasteiger partial charge in [0.15, 0.2) is 17.5 Å². The fraction of sp³-hybridized carbons (Fsp3) is 0.438. The Morgan fingerprint density at radius 3 is 2.73 bits per heavy atom. The van der Waals surface area contributed by atoms with E-state index < -0.39 is 11.6 Å². The molecule has 2 rings (SSSR count). The van der Waals surface area contributed by atoms with Crippen LogP contribution >= 0.6 is 24.0 Å². The van der Waals surface area contributed by atoms with E-state index in [1.165, 1.54) is 6.07 Å². The van der Waals surface area contributed by atoms with Gasteiger partial charge in [0.05, 0.1) is 6.54 Å². The molecular weight excluding hydrogens is 457 g/mol. The summed E-state index contributed by atoms with van der Waals surface area (Å²) in [6.45, 7) is 4.03. The average molecular weight is 480 g/mol. The first-order chi connectivity index (χ1) is 12.1. The molecule has 0 aliphatic carbocycles. The summed E-state index contributed by atoms with van der Waals surface area (Å²) in [6, 6.07) is 3.21. The van der Waals surface area contributed by atoms with E-state index in [-0.39, 0.29) is 36.3 Å². The summed E-state index contributed by atoms with van der Waals surface area (Å²) < 4.78 is 33.5. The van der Waals surface area contributed by atoms with Gasteiger partial charge in [-0.2, -0.15) is 0 Å². The molecule has 0 aliphatic heterocycles. The molecule has 144 valence electrons. The Morgan fingerprint density at radius 2 is 2.04 bits per heavy atom. The molecule has 0 bridgehead atoms. The standard InChI is InChI=1S/C16H22F2N6O.HI/c1-3-15-23-22-11-24(15)8-6-20-16(19-2)21-7-9-25-14-5-4-12(17)10-13(14)18;/h4-5,10-11H,3,6-9H2,1-2H3,(H2,19,20,21);1H. The summed E-state index contributed by atoms with van der Waals surface area (Å²) in [4.78, 5) is 4.10. The van der Waals surface area contributed by atoms with Crippen molar-refractivity contribution in [3.05, 3.63) is 42.0 Å². The minimum atomic E-state index is -0.719. The van der Waals surface area contributed by atoms with Crippen LogP contribution in [0.5, 0.6) is 5.75 Å². The number of nitrogens with one attached hydrogen (secondary N) is 2. The molecule has 0 aliphatic rings. The molecular formula is C16H23F2IN6O. The van der Waals surface area contributed by atoms with Crippen molar-refractivity contribution in [1.82, 2.24) is 25.4 Å². The molecule has 2 N–H and O–H groups in total. The van der Waals surface area contributed by atoms with E-state index >= 15 is 0 Å². The highest BCUT2D eigenvalue weighted by Crippen LogP contribution is 2.17. The Hall–Kier alpha value is -1.98. The van der Waals surface area contributed by atoms with Gasteiger partial charge in [0.2, 0.25) is 0 Å². The van der Waals surface area contributed by atoms with E-state index in [1.807, 2.05) is 11.5 Å². The number of aliphatic imine (C=N–C) groups is 1. The second-order valence-electron chi connectivity index (χ2n) is 5.14. The van der Waals surface area contributed by atoms with E-state index in [9.17, 15) is 8.78 Å². The Morgan fingerprint density at radius 1 is 1.27 bits per heavy atom. The number of ether oxygens (including phenoxy) is 1. The summed E-state index contributed by atoms with van der Waals surface area (Å²) in [7, 11) is 1.66. The van der Waals surface area contributed by atoms with Gasteiger partial charge in [-0.05, 0) is 12.1 Å². The second kappa shape index (κ2) is 11.6. The zero-order valence-electron chi connectivity index (χ0n) is 14.7. The Labute approximate surface area is 168 Å². The van der Waals surface area contributed by atoms with Crippen LogP contribution in [0.3, 0.4) is 0 Å². The van der Waals surface area contributed by atoms with Crippen molar-refractivity contribution in [2.75, 3.05) is 26.7 Å². The first-order valence-electron chi connectivity index (χ1n) is 8.03. The lowest BCUT2D eigenvalue weighted by atomic mass is 10.3. The summed E-state index contributed by atoms with van der Waals surface area (Å²) in [5.74, 6) is 0.203. The van der Waals surface area contributed by atoms with Crippen LogP contribution < -0.4 is 15.4 Å². The van der Waals surface area contributed by atoms with Crippen molar-refractivity contribution in [1.29, 1.82) is 0 Å². The SMILES string of the molecule is CCc1nncn1CCNC(=NC)NCCOc1ccc(F)cc1F.I. The van der Waals surface area contributed by atoms with Gasteiger partial charge < -0.3 is 19.9 Å². The van der Waals surface area contributed by atoms with Crippen LogP contribution in [0.2, 0.25) is 0 Å². The topological polar surface area (TPSA) is 76.4 Å². The van der Waals surface area contributed by atoms with Crippen molar-refractivity contribution in [3.63, 3.8) is 0 Å². The third kappa shape index (κ3) is 6.73. The lowest BCUT2D eigenvalue weighted by Crippen LogP contribution is -2.40. The van der Waals surface area contributed by atoms with Crippen molar-refractivity contribution in [3.8, 4) is 5.75 Å². The molecule has 26 heavy (non-hydrogen) atoms. The molecule has 0 radical (unpaired) electrons. The molecule has 0 spiro atoms. The van der Waals surface area contributed by atoms with Crippen molar-refractivity contribution < 1.29 is 13.5 Å². The zero-order valence-corrected chi connectivity index (χ0v) is 17.0.